The minimum atomic E-state index is -0.583. The third-order valence-electron chi connectivity index (χ3n) is 2.70. The van der Waals surface area contributed by atoms with Gasteiger partial charge in [-0.25, -0.2) is 0 Å². The number of furan rings is 2. The normalized spacial score (nSPS) is 11.4. The van der Waals surface area contributed by atoms with Crippen LogP contribution in [0.2, 0.25) is 5.02 Å². The molecular weight excluding hydrogens is 282 g/mol. The molecule has 1 aromatic carbocycles. The van der Waals surface area contributed by atoms with Crippen molar-refractivity contribution in [3.8, 4) is 0 Å². The number of fused-ring (bicyclic) bond motifs is 1. The Morgan fingerprint density at radius 3 is 2.60 bits per heavy atom. The second-order valence-electron chi connectivity index (χ2n) is 4.10. The van der Waals surface area contributed by atoms with E-state index in [4.69, 9.17) is 20.4 Å². The highest BCUT2D eigenvalue weighted by Gasteiger charge is 2.10. The van der Waals surface area contributed by atoms with Gasteiger partial charge in [0, 0.05) is 10.4 Å². The Morgan fingerprint density at radius 1 is 1.05 bits per heavy atom. The number of nitrogens with zero attached hydrogens (tertiary/aromatic N) is 1. The first-order valence-corrected chi connectivity index (χ1v) is 6.11. The fourth-order valence-electron chi connectivity index (χ4n) is 1.81. The van der Waals surface area contributed by atoms with Crippen molar-refractivity contribution in [2.75, 3.05) is 0 Å². The average Bonchev–Trinajstić information content (AvgIpc) is 3.01. The molecule has 0 radical (unpaired) electrons. The van der Waals surface area contributed by atoms with Crippen molar-refractivity contribution >= 4 is 40.6 Å². The zero-order valence-electron chi connectivity index (χ0n) is 10.1. The molecule has 0 aliphatic heterocycles. The van der Waals surface area contributed by atoms with Crippen molar-refractivity contribution in [3.05, 3.63) is 63.1 Å². The van der Waals surface area contributed by atoms with Crippen molar-refractivity contribution in [1.82, 2.24) is 0 Å². The summed E-state index contributed by atoms with van der Waals surface area (Å²) in [5, 5.41) is 12.0. The van der Waals surface area contributed by atoms with Gasteiger partial charge in [0.25, 0.3) is 0 Å². The predicted octanol–water partition coefficient (Wildman–Crippen LogP) is 4.76. The van der Waals surface area contributed by atoms with Crippen LogP contribution in [-0.2, 0) is 0 Å². The minimum absolute atomic E-state index is 0.291. The molecule has 0 unspecified atom stereocenters. The van der Waals surface area contributed by atoms with Gasteiger partial charge in [-0.05, 0) is 42.5 Å². The van der Waals surface area contributed by atoms with Gasteiger partial charge < -0.3 is 8.83 Å². The molecule has 0 spiro atoms. The molecule has 0 N–H and O–H groups in total. The van der Waals surface area contributed by atoms with Crippen molar-refractivity contribution in [3.63, 3.8) is 0 Å². The van der Waals surface area contributed by atoms with E-state index in [1.54, 1.807) is 30.4 Å². The highest BCUT2D eigenvalue weighted by Crippen LogP contribution is 2.24. The molecule has 3 aromatic rings. The first kappa shape index (κ1) is 12.5. The number of hydrogen-bond acceptors (Lipinski definition) is 4. The van der Waals surface area contributed by atoms with E-state index in [2.05, 4.69) is 0 Å². The summed E-state index contributed by atoms with van der Waals surface area (Å²) in [5.41, 5.74) is 0.722. The van der Waals surface area contributed by atoms with Crippen LogP contribution >= 0.6 is 11.6 Å². The molecule has 0 aliphatic rings. The Kier molecular flexibility index (Phi) is 3.04. The number of nitro groups is 1. The fraction of sp³-hybridized carbons (Fsp3) is 0. The quantitative estimate of drug-likeness (QED) is 0.515. The number of halogens is 1. The molecule has 0 saturated carbocycles. The summed E-state index contributed by atoms with van der Waals surface area (Å²) in [5.74, 6) is 0.706. The summed E-state index contributed by atoms with van der Waals surface area (Å²) in [6.07, 6.45) is 3.28. The molecule has 0 aliphatic carbocycles. The molecule has 5 nitrogen and oxygen atoms in total. The third-order valence-corrected chi connectivity index (χ3v) is 2.94. The van der Waals surface area contributed by atoms with Gasteiger partial charge in [0.15, 0.2) is 0 Å². The molecule has 2 heterocycles. The van der Waals surface area contributed by atoms with Crippen LogP contribution in [0.25, 0.3) is 23.1 Å². The Morgan fingerprint density at radius 2 is 1.85 bits per heavy atom. The largest absolute Gasteiger partial charge is 0.457 e. The lowest BCUT2D eigenvalue weighted by molar-refractivity contribution is -0.402. The van der Waals surface area contributed by atoms with Crippen molar-refractivity contribution in [1.29, 1.82) is 0 Å². The van der Waals surface area contributed by atoms with E-state index in [9.17, 15) is 10.1 Å². The van der Waals surface area contributed by atoms with Crippen LogP contribution in [0.3, 0.4) is 0 Å². The van der Waals surface area contributed by atoms with E-state index in [0.717, 1.165) is 11.0 Å². The van der Waals surface area contributed by atoms with E-state index in [1.807, 2.05) is 6.07 Å². The lowest BCUT2D eigenvalue weighted by Gasteiger charge is -1.87. The highest BCUT2D eigenvalue weighted by atomic mass is 35.5. The third kappa shape index (κ3) is 2.44. The summed E-state index contributed by atoms with van der Waals surface area (Å²) in [7, 11) is 0. The number of rotatable bonds is 3. The topological polar surface area (TPSA) is 69.4 Å². The van der Waals surface area contributed by atoms with Gasteiger partial charge >= 0.3 is 5.88 Å². The average molecular weight is 290 g/mol. The minimum Gasteiger partial charge on any atom is -0.457 e. The maximum absolute atomic E-state index is 10.5. The second kappa shape index (κ2) is 4.86. The van der Waals surface area contributed by atoms with Crippen molar-refractivity contribution in [2.24, 2.45) is 0 Å². The van der Waals surface area contributed by atoms with Crippen LogP contribution in [-0.4, -0.2) is 4.92 Å². The molecule has 100 valence electrons. The SMILES string of the molecule is O=[N+]([O-])c1ccc(/C=C/c2cc3cc(Cl)ccc3o2)o1. The van der Waals surface area contributed by atoms with Crippen LogP contribution < -0.4 is 0 Å². The van der Waals surface area contributed by atoms with Crippen molar-refractivity contribution in [2.45, 2.75) is 0 Å². The summed E-state index contributed by atoms with van der Waals surface area (Å²) in [6.45, 7) is 0. The van der Waals surface area contributed by atoms with Crippen LogP contribution in [0.15, 0.2) is 45.2 Å². The van der Waals surface area contributed by atoms with Crippen molar-refractivity contribution < 1.29 is 13.8 Å². The number of benzene rings is 1. The maximum atomic E-state index is 10.5. The molecule has 20 heavy (non-hydrogen) atoms. The highest BCUT2D eigenvalue weighted by molar-refractivity contribution is 6.31. The maximum Gasteiger partial charge on any atom is 0.433 e. The summed E-state index contributed by atoms with van der Waals surface area (Å²) in [6, 6.07) is 9.99. The number of hydrogen-bond donors (Lipinski definition) is 0. The van der Waals surface area contributed by atoms with Crippen LogP contribution in [0.5, 0.6) is 0 Å². The molecular formula is C14H8ClNO4. The molecule has 6 heteroatoms. The van der Waals surface area contributed by atoms with Gasteiger partial charge in [0.1, 0.15) is 22.0 Å². The summed E-state index contributed by atoms with van der Waals surface area (Å²) < 4.78 is 10.6. The summed E-state index contributed by atoms with van der Waals surface area (Å²) >= 11 is 5.89. The van der Waals surface area contributed by atoms with E-state index in [1.165, 1.54) is 12.1 Å². The van der Waals surface area contributed by atoms with Gasteiger partial charge in [0.2, 0.25) is 0 Å². The van der Waals surface area contributed by atoms with Gasteiger partial charge in [-0.15, -0.1) is 0 Å². The summed E-state index contributed by atoms with van der Waals surface area (Å²) in [4.78, 5) is 9.91. The van der Waals surface area contributed by atoms with Crippen LogP contribution in [0, 0.1) is 10.1 Å². The first-order valence-electron chi connectivity index (χ1n) is 5.73. The zero-order chi connectivity index (χ0) is 14.1. The first-order chi connectivity index (χ1) is 9.61. The fourth-order valence-corrected chi connectivity index (χ4v) is 1.99. The van der Waals surface area contributed by atoms with E-state index < -0.39 is 4.92 Å². The standard InChI is InChI=1S/C14H8ClNO4/c15-10-1-5-13-9(7-10)8-12(19-13)3-2-11-4-6-14(20-11)16(17)18/h1-8H/b3-2+. The van der Waals surface area contributed by atoms with E-state index in [0.29, 0.717) is 16.5 Å². The van der Waals surface area contributed by atoms with Crippen LogP contribution in [0.1, 0.15) is 11.5 Å². The monoisotopic (exact) mass is 289 g/mol. The van der Waals surface area contributed by atoms with E-state index in [-0.39, 0.29) is 5.88 Å². The van der Waals surface area contributed by atoms with Gasteiger partial charge in [0.05, 0.1) is 6.07 Å². The predicted molar refractivity (Wildman–Crippen MR) is 75.5 cm³/mol. The molecule has 0 fully saturated rings. The van der Waals surface area contributed by atoms with Crippen LogP contribution in [0.4, 0.5) is 5.88 Å². The molecule has 3 rings (SSSR count). The molecule has 0 atom stereocenters. The molecule has 2 aromatic heterocycles. The Labute approximate surface area is 118 Å². The molecule has 0 amide bonds. The lowest BCUT2D eigenvalue weighted by atomic mass is 10.2. The smallest absolute Gasteiger partial charge is 0.433 e. The Hall–Kier alpha value is -2.53. The van der Waals surface area contributed by atoms with E-state index >= 15 is 0 Å². The second-order valence-corrected chi connectivity index (χ2v) is 4.53. The van der Waals surface area contributed by atoms with Gasteiger partial charge in [-0.3, -0.25) is 10.1 Å². The lowest BCUT2D eigenvalue weighted by Crippen LogP contribution is -1.82. The van der Waals surface area contributed by atoms with Gasteiger partial charge in [-0.1, -0.05) is 11.6 Å². The Balaban J connectivity index is 1.87. The molecule has 0 bridgehead atoms. The Bertz CT molecular complexity index is 816. The van der Waals surface area contributed by atoms with Gasteiger partial charge in [-0.2, -0.15) is 0 Å². The molecule has 0 saturated heterocycles. The zero-order valence-corrected chi connectivity index (χ0v) is 10.8.